The van der Waals surface area contributed by atoms with Gasteiger partial charge in [0.25, 0.3) is 0 Å². The highest BCUT2D eigenvalue weighted by atomic mass is 16.5. The van der Waals surface area contributed by atoms with Crippen molar-refractivity contribution in [1.82, 2.24) is 9.88 Å². The minimum atomic E-state index is 0.511. The molecule has 0 bridgehead atoms. The fraction of sp³-hybridized carbons (Fsp3) is 0.643. The van der Waals surface area contributed by atoms with Gasteiger partial charge in [-0.1, -0.05) is 0 Å². The highest BCUT2D eigenvalue weighted by molar-refractivity contribution is 5.46. The van der Waals surface area contributed by atoms with Crippen molar-refractivity contribution in [2.24, 2.45) is 5.73 Å². The molecule has 0 saturated carbocycles. The van der Waals surface area contributed by atoms with Crippen molar-refractivity contribution < 1.29 is 4.74 Å². The molecule has 104 valence electrons. The lowest BCUT2D eigenvalue weighted by molar-refractivity contribution is 0.0209. The van der Waals surface area contributed by atoms with Gasteiger partial charge in [0.05, 0.1) is 30.8 Å². The van der Waals surface area contributed by atoms with Crippen LogP contribution < -0.4 is 10.6 Å². The van der Waals surface area contributed by atoms with Crippen LogP contribution >= 0.6 is 0 Å². The van der Waals surface area contributed by atoms with Gasteiger partial charge in [-0.15, -0.1) is 0 Å². The van der Waals surface area contributed by atoms with Crippen LogP contribution in [-0.4, -0.2) is 55.3 Å². The molecule has 1 unspecified atom stereocenters. The summed E-state index contributed by atoms with van der Waals surface area (Å²) >= 11 is 0. The van der Waals surface area contributed by atoms with E-state index in [2.05, 4.69) is 20.9 Å². The van der Waals surface area contributed by atoms with Gasteiger partial charge >= 0.3 is 0 Å². The molecule has 19 heavy (non-hydrogen) atoms. The summed E-state index contributed by atoms with van der Waals surface area (Å²) in [4.78, 5) is 9.36. The van der Waals surface area contributed by atoms with Crippen LogP contribution in [0.25, 0.3) is 0 Å². The molecule has 0 amide bonds. The first-order valence-corrected chi connectivity index (χ1v) is 7.08. The Morgan fingerprint density at radius 1 is 1.26 bits per heavy atom. The summed E-state index contributed by atoms with van der Waals surface area (Å²) in [6, 6.07) is 4.83. The molecule has 0 radical (unpaired) electrons. The van der Waals surface area contributed by atoms with Crippen molar-refractivity contribution in [1.29, 1.82) is 0 Å². The number of hydrogen-bond acceptors (Lipinski definition) is 5. The van der Waals surface area contributed by atoms with Crippen molar-refractivity contribution in [2.45, 2.75) is 19.0 Å². The van der Waals surface area contributed by atoms with Crippen molar-refractivity contribution in [3.8, 4) is 0 Å². The lowest BCUT2D eigenvalue weighted by Crippen LogP contribution is -2.44. The van der Waals surface area contributed by atoms with E-state index in [1.807, 2.05) is 12.3 Å². The van der Waals surface area contributed by atoms with Crippen LogP contribution in [0.5, 0.6) is 0 Å². The second-order valence-corrected chi connectivity index (χ2v) is 5.25. The zero-order valence-electron chi connectivity index (χ0n) is 11.3. The van der Waals surface area contributed by atoms with E-state index in [0.717, 1.165) is 45.1 Å². The molecule has 1 aromatic heterocycles. The fourth-order valence-corrected chi connectivity index (χ4v) is 2.94. The molecule has 0 aromatic carbocycles. The second-order valence-electron chi connectivity index (χ2n) is 5.25. The number of aromatic nitrogens is 1. The lowest BCUT2D eigenvalue weighted by atomic mass is 10.2. The Hall–Kier alpha value is -1.17. The number of nitrogens with two attached hydrogens (primary N) is 1. The van der Waals surface area contributed by atoms with Gasteiger partial charge in [0, 0.05) is 38.8 Å². The zero-order chi connectivity index (χ0) is 13.1. The van der Waals surface area contributed by atoms with Crippen LogP contribution in [0.2, 0.25) is 0 Å². The van der Waals surface area contributed by atoms with Crippen molar-refractivity contribution in [3.05, 3.63) is 24.0 Å². The van der Waals surface area contributed by atoms with Crippen LogP contribution in [-0.2, 0) is 11.3 Å². The Morgan fingerprint density at radius 3 is 2.79 bits per heavy atom. The predicted molar refractivity (Wildman–Crippen MR) is 75.1 cm³/mol. The summed E-state index contributed by atoms with van der Waals surface area (Å²) in [5, 5.41) is 0. The fourth-order valence-electron chi connectivity index (χ4n) is 2.94. The Bertz CT molecular complexity index is 402. The number of rotatable bonds is 3. The minimum Gasteiger partial charge on any atom is -0.379 e. The van der Waals surface area contributed by atoms with Gasteiger partial charge in [0.15, 0.2) is 0 Å². The number of morpholine rings is 1. The Labute approximate surface area is 114 Å². The van der Waals surface area contributed by atoms with Gasteiger partial charge < -0.3 is 15.4 Å². The van der Waals surface area contributed by atoms with Gasteiger partial charge in [0.2, 0.25) is 0 Å². The molecule has 1 atom stereocenters. The summed E-state index contributed by atoms with van der Waals surface area (Å²) in [6.45, 7) is 6.63. The lowest BCUT2D eigenvalue weighted by Gasteiger charge is -2.32. The summed E-state index contributed by atoms with van der Waals surface area (Å²) in [7, 11) is 0. The van der Waals surface area contributed by atoms with E-state index < -0.39 is 0 Å². The normalized spacial score (nSPS) is 24.9. The number of ether oxygens (including phenoxy) is 1. The third kappa shape index (κ3) is 2.88. The Balaban J connectivity index is 1.61. The molecule has 3 rings (SSSR count). The molecular weight excluding hydrogens is 240 g/mol. The smallest absolute Gasteiger partial charge is 0.0594 e. The molecule has 2 fully saturated rings. The van der Waals surface area contributed by atoms with E-state index >= 15 is 0 Å². The monoisotopic (exact) mass is 262 g/mol. The summed E-state index contributed by atoms with van der Waals surface area (Å²) in [5.41, 5.74) is 7.75. The minimum absolute atomic E-state index is 0.511. The van der Waals surface area contributed by atoms with Gasteiger partial charge in [0.1, 0.15) is 0 Å². The predicted octanol–water partition coefficient (Wildman–Crippen LogP) is 0.451. The van der Waals surface area contributed by atoms with Crippen LogP contribution in [0.3, 0.4) is 0 Å². The Kier molecular flexibility index (Phi) is 3.96. The van der Waals surface area contributed by atoms with Crippen LogP contribution in [0.4, 0.5) is 5.69 Å². The van der Waals surface area contributed by atoms with Crippen molar-refractivity contribution >= 4 is 5.69 Å². The van der Waals surface area contributed by atoms with Gasteiger partial charge in [-0.2, -0.15) is 0 Å². The van der Waals surface area contributed by atoms with E-state index in [4.69, 9.17) is 10.5 Å². The molecule has 2 N–H and O–H groups in total. The van der Waals surface area contributed by atoms with Crippen molar-refractivity contribution in [3.63, 3.8) is 0 Å². The molecule has 5 nitrogen and oxygen atoms in total. The van der Waals surface area contributed by atoms with Gasteiger partial charge in [-0.25, -0.2) is 0 Å². The quantitative estimate of drug-likeness (QED) is 0.857. The second kappa shape index (κ2) is 5.86. The molecule has 2 aliphatic heterocycles. The summed E-state index contributed by atoms with van der Waals surface area (Å²) < 4.78 is 5.42. The molecule has 1 aromatic rings. The first-order valence-electron chi connectivity index (χ1n) is 7.08. The number of pyridine rings is 1. The van der Waals surface area contributed by atoms with E-state index in [0.29, 0.717) is 12.6 Å². The molecule has 0 aliphatic carbocycles. The van der Waals surface area contributed by atoms with Gasteiger partial charge in [-0.3, -0.25) is 9.88 Å². The molecule has 5 heteroatoms. The van der Waals surface area contributed by atoms with Gasteiger partial charge in [-0.05, 0) is 18.6 Å². The topological polar surface area (TPSA) is 54.6 Å². The summed E-state index contributed by atoms with van der Waals surface area (Å²) in [6.07, 6.45) is 3.18. The molecule has 0 spiro atoms. The van der Waals surface area contributed by atoms with Crippen LogP contribution in [0, 0.1) is 0 Å². The maximum Gasteiger partial charge on any atom is 0.0594 e. The third-order valence-corrected chi connectivity index (χ3v) is 4.11. The van der Waals surface area contributed by atoms with E-state index in [9.17, 15) is 0 Å². The highest BCUT2D eigenvalue weighted by Gasteiger charge is 2.28. The maximum atomic E-state index is 5.58. The van der Waals surface area contributed by atoms with Crippen LogP contribution in [0.1, 0.15) is 12.1 Å². The van der Waals surface area contributed by atoms with E-state index in [1.165, 1.54) is 12.1 Å². The van der Waals surface area contributed by atoms with E-state index in [-0.39, 0.29) is 0 Å². The zero-order valence-corrected chi connectivity index (χ0v) is 11.3. The molecule has 2 saturated heterocycles. The third-order valence-electron chi connectivity index (χ3n) is 4.11. The average molecular weight is 262 g/mol. The van der Waals surface area contributed by atoms with E-state index in [1.54, 1.807) is 0 Å². The maximum absolute atomic E-state index is 5.58. The molecule has 2 aliphatic rings. The standard InChI is InChI=1S/C14H22N4O/c15-9-12-1-2-13(10-16-12)18-4-3-14(11-18)17-5-7-19-8-6-17/h1-2,10,14H,3-9,11,15H2. The first kappa shape index (κ1) is 12.8. The van der Waals surface area contributed by atoms with Crippen molar-refractivity contribution in [2.75, 3.05) is 44.3 Å². The molecular formula is C14H22N4O. The number of anilines is 1. The number of hydrogen-bond donors (Lipinski definition) is 1. The Morgan fingerprint density at radius 2 is 2.11 bits per heavy atom. The van der Waals surface area contributed by atoms with Crippen LogP contribution in [0.15, 0.2) is 18.3 Å². The average Bonchev–Trinajstić information content (AvgIpc) is 2.98. The largest absolute Gasteiger partial charge is 0.379 e. The molecule has 3 heterocycles. The highest BCUT2D eigenvalue weighted by Crippen LogP contribution is 2.23. The summed E-state index contributed by atoms with van der Waals surface area (Å²) in [5.74, 6) is 0. The SMILES string of the molecule is NCc1ccc(N2CCC(N3CCOCC3)C2)cn1. The number of nitrogens with zero attached hydrogens (tertiary/aromatic N) is 3. The first-order chi connectivity index (χ1) is 9.36.